The van der Waals surface area contributed by atoms with Crippen LogP contribution in [-0.2, 0) is 0 Å². The van der Waals surface area contributed by atoms with Crippen molar-refractivity contribution in [2.24, 2.45) is 5.73 Å². The fraction of sp³-hybridized carbons (Fsp3) is 0.333. The van der Waals surface area contributed by atoms with Crippen LogP contribution in [0, 0.1) is 0 Å². The zero-order valence-corrected chi connectivity index (χ0v) is 12.3. The molecule has 1 aliphatic heterocycles. The molecule has 0 fully saturated rings. The zero-order valence-electron chi connectivity index (χ0n) is 12.3. The first-order valence-electron chi connectivity index (χ1n) is 7.48. The lowest BCUT2D eigenvalue weighted by Gasteiger charge is -2.17. The lowest BCUT2D eigenvalue weighted by Crippen LogP contribution is -2.15. The summed E-state index contributed by atoms with van der Waals surface area (Å²) in [6.45, 7) is 3.38. The van der Waals surface area contributed by atoms with Gasteiger partial charge in [-0.25, -0.2) is 0 Å². The van der Waals surface area contributed by atoms with Crippen molar-refractivity contribution < 1.29 is 9.47 Å². The largest absolute Gasteiger partial charge is 0.493 e. The number of ether oxygens (including phenoxy) is 2. The molecule has 110 valence electrons. The molecule has 1 heterocycles. The van der Waals surface area contributed by atoms with Crippen molar-refractivity contribution in [1.82, 2.24) is 0 Å². The Hall–Kier alpha value is -2.00. The third kappa shape index (κ3) is 2.88. The van der Waals surface area contributed by atoms with Gasteiger partial charge >= 0.3 is 0 Å². The first kappa shape index (κ1) is 14.0. The number of hydrogen-bond acceptors (Lipinski definition) is 3. The predicted octanol–water partition coefficient (Wildman–Crippen LogP) is 3.65. The molecule has 2 atom stereocenters. The van der Waals surface area contributed by atoms with Gasteiger partial charge in [0, 0.05) is 17.2 Å². The van der Waals surface area contributed by atoms with E-state index in [1.54, 1.807) is 0 Å². The molecule has 0 saturated heterocycles. The molecule has 21 heavy (non-hydrogen) atoms. The molecule has 1 aliphatic rings. The van der Waals surface area contributed by atoms with E-state index in [0.29, 0.717) is 13.2 Å². The molecular formula is C18H21NO2. The first-order chi connectivity index (χ1) is 10.3. The zero-order chi connectivity index (χ0) is 14.7. The first-order valence-corrected chi connectivity index (χ1v) is 7.48. The number of nitrogens with two attached hydrogens (primary N) is 1. The molecule has 0 amide bonds. The topological polar surface area (TPSA) is 44.5 Å². The van der Waals surface area contributed by atoms with Gasteiger partial charge in [-0.05, 0) is 18.6 Å². The molecule has 0 radical (unpaired) electrons. The minimum absolute atomic E-state index is 0.0216. The van der Waals surface area contributed by atoms with E-state index >= 15 is 0 Å². The van der Waals surface area contributed by atoms with Crippen LogP contribution in [0.15, 0.2) is 48.5 Å². The fourth-order valence-electron chi connectivity index (χ4n) is 2.70. The highest BCUT2D eigenvalue weighted by Gasteiger charge is 2.24. The molecule has 0 aromatic heterocycles. The van der Waals surface area contributed by atoms with Gasteiger partial charge in [-0.1, -0.05) is 43.3 Å². The highest BCUT2D eigenvalue weighted by Crippen LogP contribution is 2.34. The van der Waals surface area contributed by atoms with Crippen LogP contribution in [0.4, 0.5) is 0 Å². The van der Waals surface area contributed by atoms with Crippen LogP contribution in [0.1, 0.15) is 36.4 Å². The molecule has 3 nitrogen and oxygen atoms in total. The Bertz CT molecular complexity index is 612. The molecule has 3 heteroatoms. The highest BCUT2D eigenvalue weighted by atomic mass is 16.5. The summed E-state index contributed by atoms with van der Waals surface area (Å²) in [6.07, 6.45) is 0.899. The Morgan fingerprint density at radius 1 is 1.19 bits per heavy atom. The number of para-hydroxylation sites is 2. The average molecular weight is 283 g/mol. The van der Waals surface area contributed by atoms with Crippen LogP contribution in [0.25, 0.3) is 0 Å². The average Bonchev–Trinajstić information content (AvgIpc) is 2.96. The molecule has 0 aliphatic carbocycles. The van der Waals surface area contributed by atoms with E-state index in [9.17, 15) is 0 Å². The van der Waals surface area contributed by atoms with Crippen LogP contribution in [0.5, 0.6) is 11.5 Å². The maximum absolute atomic E-state index is 6.15. The fourth-order valence-corrected chi connectivity index (χ4v) is 2.70. The summed E-state index contributed by atoms with van der Waals surface area (Å²) in [5.41, 5.74) is 8.46. The van der Waals surface area contributed by atoms with Crippen molar-refractivity contribution in [3.05, 3.63) is 59.7 Å². The molecular weight excluding hydrogens is 262 g/mol. The number of benzene rings is 2. The van der Waals surface area contributed by atoms with Gasteiger partial charge in [0.05, 0.1) is 19.1 Å². The quantitative estimate of drug-likeness (QED) is 0.911. The normalized spacial score (nSPS) is 17.9. The molecule has 2 N–H and O–H groups in total. The molecule has 2 unspecified atom stereocenters. The third-order valence-electron chi connectivity index (χ3n) is 4.00. The van der Waals surface area contributed by atoms with Crippen LogP contribution in [-0.4, -0.2) is 13.2 Å². The van der Waals surface area contributed by atoms with Gasteiger partial charge < -0.3 is 15.2 Å². The van der Waals surface area contributed by atoms with Crippen LogP contribution in [0.3, 0.4) is 0 Å². The smallest absolute Gasteiger partial charge is 0.124 e. The maximum Gasteiger partial charge on any atom is 0.124 e. The second kappa shape index (κ2) is 6.19. The van der Waals surface area contributed by atoms with Crippen LogP contribution < -0.4 is 15.2 Å². The molecule has 2 aromatic rings. The van der Waals surface area contributed by atoms with Crippen molar-refractivity contribution in [1.29, 1.82) is 0 Å². The van der Waals surface area contributed by atoms with Gasteiger partial charge in [-0.3, -0.25) is 0 Å². The Kier molecular flexibility index (Phi) is 4.11. The van der Waals surface area contributed by atoms with Crippen LogP contribution in [0.2, 0.25) is 0 Å². The lowest BCUT2D eigenvalue weighted by molar-refractivity contribution is 0.246. The van der Waals surface area contributed by atoms with E-state index < -0.39 is 0 Å². The summed E-state index contributed by atoms with van der Waals surface area (Å²) in [5.74, 6) is 2.15. The van der Waals surface area contributed by atoms with Gasteiger partial charge in [-0.2, -0.15) is 0 Å². The summed E-state index contributed by atoms with van der Waals surface area (Å²) in [4.78, 5) is 0. The van der Waals surface area contributed by atoms with E-state index in [-0.39, 0.29) is 12.0 Å². The molecule has 0 bridgehead atoms. The summed E-state index contributed by atoms with van der Waals surface area (Å²) >= 11 is 0. The molecule has 0 saturated carbocycles. The predicted molar refractivity (Wildman–Crippen MR) is 83.8 cm³/mol. The standard InChI is InChI=1S/C18H21NO2/c1-2-16(19)15-8-4-6-10-18(15)21-12-13-11-20-17-9-5-3-7-14(13)17/h3-10,13,16H,2,11-12,19H2,1H3. The Labute approximate surface area is 125 Å². The van der Waals surface area contributed by atoms with Gasteiger partial charge in [0.1, 0.15) is 11.5 Å². The van der Waals surface area contributed by atoms with Crippen molar-refractivity contribution in [3.63, 3.8) is 0 Å². The Balaban J connectivity index is 1.72. The monoisotopic (exact) mass is 283 g/mol. The Morgan fingerprint density at radius 2 is 1.95 bits per heavy atom. The number of hydrogen-bond donors (Lipinski definition) is 1. The minimum Gasteiger partial charge on any atom is -0.493 e. The van der Waals surface area contributed by atoms with Gasteiger partial charge in [0.15, 0.2) is 0 Å². The lowest BCUT2D eigenvalue weighted by atomic mass is 10.0. The minimum atomic E-state index is 0.0216. The second-order valence-electron chi connectivity index (χ2n) is 5.41. The molecule has 0 spiro atoms. The Morgan fingerprint density at radius 3 is 2.81 bits per heavy atom. The van der Waals surface area contributed by atoms with E-state index in [2.05, 4.69) is 13.0 Å². The van der Waals surface area contributed by atoms with Gasteiger partial charge in [-0.15, -0.1) is 0 Å². The van der Waals surface area contributed by atoms with Crippen molar-refractivity contribution >= 4 is 0 Å². The SMILES string of the molecule is CCC(N)c1ccccc1OCC1COc2ccccc21. The number of rotatable bonds is 5. The third-order valence-corrected chi connectivity index (χ3v) is 4.00. The summed E-state index contributed by atoms with van der Waals surface area (Å²) in [5, 5.41) is 0. The molecule has 3 rings (SSSR count). The van der Waals surface area contributed by atoms with E-state index in [4.69, 9.17) is 15.2 Å². The molecule has 2 aromatic carbocycles. The maximum atomic E-state index is 6.15. The van der Waals surface area contributed by atoms with E-state index in [0.717, 1.165) is 23.5 Å². The van der Waals surface area contributed by atoms with E-state index in [1.165, 1.54) is 5.56 Å². The summed E-state index contributed by atoms with van der Waals surface area (Å²) < 4.78 is 11.7. The summed E-state index contributed by atoms with van der Waals surface area (Å²) in [6, 6.07) is 16.2. The van der Waals surface area contributed by atoms with Crippen molar-refractivity contribution in [3.8, 4) is 11.5 Å². The second-order valence-corrected chi connectivity index (χ2v) is 5.41. The van der Waals surface area contributed by atoms with Crippen LogP contribution >= 0.6 is 0 Å². The number of fused-ring (bicyclic) bond motifs is 1. The van der Waals surface area contributed by atoms with Gasteiger partial charge in [0.2, 0.25) is 0 Å². The van der Waals surface area contributed by atoms with E-state index in [1.807, 2.05) is 42.5 Å². The van der Waals surface area contributed by atoms with Crippen molar-refractivity contribution in [2.45, 2.75) is 25.3 Å². The van der Waals surface area contributed by atoms with Crippen molar-refractivity contribution in [2.75, 3.05) is 13.2 Å². The summed E-state index contributed by atoms with van der Waals surface area (Å²) in [7, 11) is 0. The van der Waals surface area contributed by atoms with Gasteiger partial charge in [0.25, 0.3) is 0 Å². The highest BCUT2D eigenvalue weighted by molar-refractivity contribution is 5.40.